The highest BCUT2D eigenvalue weighted by Crippen LogP contribution is 2.02. The lowest BCUT2D eigenvalue weighted by molar-refractivity contribution is -0.355. The molecule has 0 heterocycles. The summed E-state index contributed by atoms with van der Waals surface area (Å²) in [7, 11) is 0. The molecule has 1 atom stereocenters. The molecule has 0 aliphatic heterocycles. The van der Waals surface area contributed by atoms with Crippen LogP contribution >= 0.6 is 0 Å². The molecule has 0 bridgehead atoms. The molecule has 1 unspecified atom stereocenters. The van der Waals surface area contributed by atoms with Crippen LogP contribution < -0.4 is 0 Å². The Kier molecular flexibility index (Phi) is 8.81. The third-order valence-corrected chi connectivity index (χ3v) is 1.65. The SMILES string of the molecule is C=CC(OOCCCCCC)OC(=O)O. The molecule has 1 N–H and O–H groups in total. The van der Waals surface area contributed by atoms with Crippen molar-refractivity contribution in [3.05, 3.63) is 12.7 Å². The maximum Gasteiger partial charge on any atom is 0.508 e. The van der Waals surface area contributed by atoms with Crippen LogP contribution in [0.2, 0.25) is 0 Å². The van der Waals surface area contributed by atoms with Gasteiger partial charge in [0.05, 0.1) is 6.61 Å². The summed E-state index contributed by atoms with van der Waals surface area (Å²) in [5, 5.41) is 8.28. The highest BCUT2D eigenvalue weighted by molar-refractivity contribution is 5.57. The molecule has 0 aliphatic rings. The van der Waals surface area contributed by atoms with Gasteiger partial charge in [-0.05, 0) is 12.5 Å². The summed E-state index contributed by atoms with van der Waals surface area (Å²) in [6, 6.07) is 0. The van der Waals surface area contributed by atoms with Gasteiger partial charge in [0, 0.05) is 0 Å². The minimum atomic E-state index is -1.42. The fourth-order valence-electron chi connectivity index (χ4n) is 0.909. The maximum absolute atomic E-state index is 10.1. The van der Waals surface area contributed by atoms with E-state index in [1.54, 1.807) is 0 Å². The number of ether oxygens (including phenoxy) is 1. The van der Waals surface area contributed by atoms with E-state index >= 15 is 0 Å². The van der Waals surface area contributed by atoms with Gasteiger partial charge in [-0.1, -0.05) is 32.8 Å². The zero-order chi connectivity index (χ0) is 11.5. The quantitative estimate of drug-likeness (QED) is 0.161. The summed E-state index contributed by atoms with van der Waals surface area (Å²) in [6.45, 7) is 5.89. The maximum atomic E-state index is 10.1. The molecule has 88 valence electrons. The summed E-state index contributed by atoms with van der Waals surface area (Å²) in [4.78, 5) is 19.6. The van der Waals surface area contributed by atoms with E-state index in [0.717, 1.165) is 25.7 Å². The van der Waals surface area contributed by atoms with Gasteiger partial charge in [0.25, 0.3) is 6.29 Å². The lowest BCUT2D eigenvalue weighted by atomic mass is 10.2. The molecule has 0 aliphatic carbocycles. The van der Waals surface area contributed by atoms with Crippen molar-refractivity contribution in [2.45, 2.75) is 38.9 Å². The molecule has 0 rings (SSSR count). The van der Waals surface area contributed by atoms with Gasteiger partial charge in [0.1, 0.15) is 0 Å². The second kappa shape index (κ2) is 9.48. The van der Waals surface area contributed by atoms with Crippen LogP contribution in [0.5, 0.6) is 0 Å². The van der Waals surface area contributed by atoms with Crippen molar-refractivity contribution in [2.24, 2.45) is 0 Å². The van der Waals surface area contributed by atoms with Crippen LogP contribution in [0.25, 0.3) is 0 Å². The van der Waals surface area contributed by atoms with E-state index in [9.17, 15) is 4.79 Å². The number of unbranched alkanes of at least 4 members (excludes halogenated alkanes) is 3. The molecule has 0 aromatic carbocycles. The van der Waals surface area contributed by atoms with Gasteiger partial charge < -0.3 is 9.84 Å². The Morgan fingerprint density at radius 3 is 2.73 bits per heavy atom. The summed E-state index contributed by atoms with van der Waals surface area (Å²) in [5.41, 5.74) is 0. The highest BCUT2D eigenvalue weighted by Gasteiger charge is 2.09. The summed E-state index contributed by atoms with van der Waals surface area (Å²) in [5.74, 6) is 0. The minimum absolute atomic E-state index is 0.424. The molecule has 0 aromatic rings. The van der Waals surface area contributed by atoms with Gasteiger partial charge in [-0.2, -0.15) is 4.89 Å². The highest BCUT2D eigenvalue weighted by atomic mass is 17.2. The average molecular weight is 218 g/mol. The molecule has 0 amide bonds. The van der Waals surface area contributed by atoms with Crippen LogP contribution in [0.15, 0.2) is 12.7 Å². The monoisotopic (exact) mass is 218 g/mol. The largest absolute Gasteiger partial charge is 0.508 e. The molecule has 5 nitrogen and oxygen atoms in total. The van der Waals surface area contributed by atoms with E-state index in [4.69, 9.17) is 9.99 Å². The third kappa shape index (κ3) is 9.24. The summed E-state index contributed by atoms with van der Waals surface area (Å²) < 4.78 is 4.28. The second-order valence-electron chi connectivity index (χ2n) is 2.97. The molecule has 15 heavy (non-hydrogen) atoms. The Labute approximate surface area is 89.6 Å². The van der Waals surface area contributed by atoms with Crippen LogP contribution in [0, 0.1) is 0 Å². The van der Waals surface area contributed by atoms with Crippen molar-refractivity contribution in [3.8, 4) is 0 Å². The number of rotatable bonds is 9. The summed E-state index contributed by atoms with van der Waals surface area (Å²) >= 11 is 0. The van der Waals surface area contributed by atoms with Gasteiger partial charge in [0.2, 0.25) is 0 Å². The van der Waals surface area contributed by atoms with Crippen LogP contribution in [0.1, 0.15) is 32.6 Å². The third-order valence-electron chi connectivity index (χ3n) is 1.65. The Balaban J connectivity index is 3.38. The van der Waals surface area contributed by atoms with E-state index in [1.807, 2.05) is 0 Å². The smallest absolute Gasteiger partial charge is 0.450 e. The van der Waals surface area contributed by atoms with Gasteiger partial charge in [0.15, 0.2) is 0 Å². The second-order valence-corrected chi connectivity index (χ2v) is 2.97. The van der Waals surface area contributed by atoms with Gasteiger partial charge in [-0.15, -0.1) is 0 Å². The van der Waals surface area contributed by atoms with Crippen LogP contribution in [-0.2, 0) is 14.5 Å². The van der Waals surface area contributed by atoms with Crippen molar-refractivity contribution in [1.29, 1.82) is 0 Å². The predicted molar refractivity (Wildman–Crippen MR) is 54.3 cm³/mol. The number of carbonyl (C=O) groups is 1. The first-order chi connectivity index (χ1) is 7.20. The van der Waals surface area contributed by atoms with E-state index in [1.165, 1.54) is 6.08 Å². The molecule has 0 aromatic heterocycles. The number of carboxylic acid groups (broad SMARTS) is 1. The molecule has 0 spiro atoms. The lowest BCUT2D eigenvalue weighted by Crippen LogP contribution is -2.18. The molecule has 5 heteroatoms. The molecule has 0 fully saturated rings. The fraction of sp³-hybridized carbons (Fsp3) is 0.700. The first kappa shape index (κ1) is 13.9. The van der Waals surface area contributed by atoms with Crippen LogP contribution in [-0.4, -0.2) is 24.2 Å². The number of hydrogen-bond donors (Lipinski definition) is 1. The van der Waals surface area contributed by atoms with Crippen molar-refractivity contribution in [2.75, 3.05) is 6.61 Å². The van der Waals surface area contributed by atoms with E-state index in [2.05, 4.69) is 23.1 Å². The van der Waals surface area contributed by atoms with Crippen LogP contribution in [0.3, 0.4) is 0 Å². The zero-order valence-electron chi connectivity index (χ0n) is 8.98. The van der Waals surface area contributed by atoms with Crippen molar-refractivity contribution >= 4 is 6.16 Å². The van der Waals surface area contributed by atoms with E-state index in [-0.39, 0.29) is 0 Å². The standard InChI is InChI=1S/C10H18O5/c1-3-5-6-7-8-13-15-9(4-2)14-10(11)12/h4,9H,2-3,5-8H2,1H3,(H,11,12). The van der Waals surface area contributed by atoms with E-state index < -0.39 is 12.4 Å². The number of hydrogen-bond acceptors (Lipinski definition) is 4. The fourth-order valence-corrected chi connectivity index (χ4v) is 0.909. The molecule has 0 saturated heterocycles. The Hall–Kier alpha value is -1.07. The zero-order valence-corrected chi connectivity index (χ0v) is 8.98. The molecular weight excluding hydrogens is 200 g/mol. The minimum Gasteiger partial charge on any atom is -0.450 e. The predicted octanol–water partition coefficient (Wildman–Crippen LogP) is 2.72. The van der Waals surface area contributed by atoms with Gasteiger partial charge >= 0.3 is 6.16 Å². The van der Waals surface area contributed by atoms with Crippen molar-refractivity contribution < 1.29 is 24.4 Å². The van der Waals surface area contributed by atoms with Crippen LogP contribution in [0.4, 0.5) is 4.79 Å². The molecular formula is C10H18O5. The Bertz CT molecular complexity index is 181. The lowest BCUT2D eigenvalue weighted by Gasteiger charge is -2.10. The van der Waals surface area contributed by atoms with Gasteiger partial charge in [-0.25, -0.2) is 9.68 Å². The topological polar surface area (TPSA) is 65.0 Å². The summed E-state index contributed by atoms with van der Waals surface area (Å²) in [6.07, 6.45) is 2.98. The molecule has 0 radical (unpaired) electrons. The van der Waals surface area contributed by atoms with Gasteiger partial charge in [-0.3, -0.25) is 0 Å². The normalized spacial score (nSPS) is 12.1. The Morgan fingerprint density at radius 1 is 1.47 bits per heavy atom. The first-order valence-electron chi connectivity index (χ1n) is 5.01. The average Bonchev–Trinajstić information content (AvgIpc) is 2.20. The molecule has 0 saturated carbocycles. The van der Waals surface area contributed by atoms with E-state index in [0.29, 0.717) is 6.61 Å². The first-order valence-corrected chi connectivity index (χ1v) is 5.01. The Morgan fingerprint density at radius 2 is 2.20 bits per heavy atom. The van der Waals surface area contributed by atoms with Crippen molar-refractivity contribution in [3.63, 3.8) is 0 Å². The van der Waals surface area contributed by atoms with Crippen molar-refractivity contribution in [1.82, 2.24) is 0 Å².